The van der Waals surface area contributed by atoms with Gasteiger partial charge in [0.2, 0.25) is 65.0 Å². The van der Waals surface area contributed by atoms with E-state index in [1.807, 2.05) is 6.92 Å². The minimum Gasteiger partial charge on any atom is -0.445 e. The topological polar surface area (TPSA) is 492 Å². The summed E-state index contributed by atoms with van der Waals surface area (Å²) in [6.45, 7) is 6.19. The third-order valence-electron chi connectivity index (χ3n) is 22.3. The molecule has 12 atom stereocenters. The molecule has 15 N–H and O–H groups in total. The fourth-order valence-corrected chi connectivity index (χ4v) is 15.1. The third kappa shape index (κ3) is 40.4. The first-order valence-electron chi connectivity index (χ1n) is 46.5. The van der Waals surface area contributed by atoms with E-state index in [1.54, 1.807) is 202 Å². The smallest absolute Gasteiger partial charge is 0.407 e. The van der Waals surface area contributed by atoms with Crippen molar-refractivity contribution in [3.8, 4) is 0 Å². The number of rotatable bonds is 45. The van der Waals surface area contributed by atoms with Crippen molar-refractivity contribution in [1.82, 2.24) is 79.8 Å². The van der Waals surface area contributed by atoms with Crippen molar-refractivity contribution in [2.45, 2.75) is 237 Å². The molecule has 1 saturated heterocycles. The number of hydrogen-bond donors (Lipinski definition) is 15. The quantitative estimate of drug-likeness (QED) is 0.0125. The molecule has 8 rings (SSSR count). The molecule has 1 fully saturated rings. The van der Waals surface area contributed by atoms with Gasteiger partial charge >= 0.3 is 24.4 Å². The Kier molecular flexibility index (Phi) is 48.6. The van der Waals surface area contributed by atoms with E-state index in [9.17, 15) is 33.6 Å². The molecule has 0 saturated carbocycles. The first kappa shape index (κ1) is 112. The van der Waals surface area contributed by atoms with Crippen molar-refractivity contribution in [2.24, 2.45) is 5.92 Å². The summed E-state index contributed by atoms with van der Waals surface area (Å²) in [5.74, 6) is -11.3. The Morgan fingerprint density at radius 2 is 0.793 bits per heavy atom. The number of carbonyl (C=O) groups is 15. The zero-order valence-corrected chi connectivity index (χ0v) is 82.0. The van der Waals surface area contributed by atoms with Gasteiger partial charge in [0.25, 0.3) is 0 Å². The largest absolute Gasteiger partial charge is 0.445 e. The number of hydrogen-bond acceptors (Lipinski definition) is 21. The number of ether oxygens (including phenoxy) is 6. The maximum Gasteiger partial charge on any atom is 0.407 e. The monoisotopic (exact) mass is 2010 g/mol. The van der Waals surface area contributed by atoms with Gasteiger partial charge in [-0.3, -0.25) is 52.7 Å². The molecule has 754 valence electrons. The molecule has 0 aliphatic carbocycles. The van der Waals surface area contributed by atoms with Crippen LogP contribution >= 0.6 is 46.4 Å². The lowest BCUT2D eigenvalue weighted by Crippen LogP contribution is -2.62. The second kappa shape index (κ2) is 60.7. The van der Waals surface area contributed by atoms with Gasteiger partial charge in [-0.2, -0.15) is 0 Å². The molecule has 140 heavy (non-hydrogen) atoms. The van der Waals surface area contributed by atoms with Gasteiger partial charge in [0.05, 0.1) is 25.4 Å². The lowest BCUT2D eigenvalue weighted by Gasteiger charge is -2.30. The number of unbranched alkanes of at least 4 members (excludes halogenated alkanes) is 4. The zero-order valence-electron chi connectivity index (χ0n) is 79.0. The molecule has 1 heterocycles. The van der Waals surface area contributed by atoms with Gasteiger partial charge in [-0.25, -0.2) is 19.2 Å². The number of nitrogens with one attached hydrogen (secondary N) is 15. The first-order valence-corrected chi connectivity index (χ1v) is 48.0. The van der Waals surface area contributed by atoms with Crippen molar-refractivity contribution in [3.05, 3.63) is 247 Å². The summed E-state index contributed by atoms with van der Waals surface area (Å²) < 4.78 is 34.5. The highest BCUT2D eigenvalue weighted by molar-refractivity contribution is 6.32. The van der Waals surface area contributed by atoms with E-state index in [2.05, 4.69) is 79.8 Å². The molecule has 0 spiro atoms. The lowest BCUT2D eigenvalue weighted by molar-refractivity contribution is -0.138. The van der Waals surface area contributed by atoms with E-state index >= 15 is 38.4 Å². The summed E-state index contributed by atoms with van der Waals surface area (Å²) in [6, 6.07) is 35.3. The molecule has 40 heteroatoms. The van der Waals surface area contributed by atoms with Crippen molar-refractivity contribution < 1.29 is 100 Å². The molecular weight excluding hydrogens is 1890 g/mol. The van der Waals surface area contributed by atoms with Crippen LogP contribution in [0.25, 0.3) is 0 Å². The van der Waals surface area contributed by atoms with Crippen molar-refractivity contribution in [3.63, 3.8) is 0 Å². The van der Waals surface area contributed by atoms with Gasteiger partial charge in [0.1, 0.15) is 86.8 Å². The summed E-state index contributed by atoms with van der Waals surface area (Å²) in [5.41, 5.74) is 3.58. The van der Waals surface area contributed by atoms with Crippen LogP contribution in [0.4, 0.5) is 19.2 Å². The van der Waals surface area contributed by atoms with Crippen LogP contribution < -0.4 is 79.8 Å². The van der Waals surface area contributed by atoms with E-state index in [4.69, 9.17) is 74.8 Å². The molecule has 36 nitrogen and oxygen atoms in total. The molecule has 1 aliphatic heterocycles. The van der Waals surface area contributed by atoms with E-state index in [1.165, 1.54) is 20.8 Å². The van der Waals surface area contributed by atoms with Crippen LogP contribution in [0.2, 0.25) is 20.1 Å². The second-order valence-corrected chi connectivity index (χ2v) is 35.4. The molecule has 7 aromatic rings. The number of carbonyl (C=O) groups excluding carboxylic acids is 15. The van der Waals surface area contributed by atoms with Crippen molar-refractivity contribution in [2.75, 3.05) is 32.7 Å². The second-order valence-electron chi connectivity index (χ2n) is 33.8. The highest BCUT2D eigenvalue weighted by atomic mass is 35.5. The maximum absolute atomic E-state index is 15.9. The van der Waals surface area contributed by atoms with Crippen LogP contribution in [0, 0.1) is 5.92 Å². The Hall–Kier alpha value is -13.1. The third-order valence-corrected chi connectivity index (χ3v) is 23.8. The summed E-state index contributed by atoms with van der Waals surface area (Å²) in [4.78, 5) is 221. The molecule has 0 bridgehead atoms. The van der Waals surface area contributed by atoms with Gasteiger partial charge in [0, 0.05) is 87.9 Å². The number of benzene rings is 7. The maximum atomic E-state index is 15.9. The van der Waals surface area contributed by atoms with Gasteiger partial charge < -0.3 is 108 Å². The highest BCUT2D eigenvalue weighted by Crippen LogP contribution is 2.22. The van der Waals surface area contributed by atoms with Gasteiger partial charge in [-0.1, -0.05) is 257 Å². The van der Waals surface area contributed by atoms with Crippen LogP contribution in [-0.4, -0.2) is 195 Å². The summed E-state index contributed by atoms with van der Waals surface area (Å²) >= 11 is 25.5. The Labute approximate surface area is 833 Å². The molecule has 0 radical (unpaired) electrons. The zero-order chi connectivity index (χ0) is 101. The number of amides is 15. The van der Waals surface area contributed by atoms with E-state index in [0.717, 1.165) is 19.3 Å². The normalized spacial score (nSPS) is 17.9. The van der Waals surface area contributed by atoms with Gasteiger partial charge in [0.15, 0.2) is 0 Å². The minimum absolute atomic E-state index is 0.00369. The van der Waals surface area contributed by atoms with Crippen LogP contribution in [0.5, 0.6) is 0 Å². The highest BCUT2D eigenvalue weighted by Gasteiger charge is 2.39. The Morgan fingerprint density at radius 3 is 1.26 bits per heavy atom. The molecular formula is C100H125Cl4N15O21. The number of halogens is 4. The standard InChI is InChI=1S/C100H125Cl4N15O21/c1-7-8-9-10-20-43-84(120)111-77(45-50-106-97(131)137-58-69-35-21-25-39-73(69)101)92(126)119-86(65(6)136-57-68-33-18-13-19-34-68)96(130)115-81(48-53-109-100(134)140-61-72-38-24-28-42-76(72)104)90(124)112-79-44-49-105-95(129)85(64(5)135-56-67-31-16-12-17-32-67)118-87(121)63(4)110-88(122)78(46-51-107-98(132)138-59-70-36-22-26-40-74(70)102)114-93(127)82(54-62(2)3)116-94(128)83(55-66-29-14-11-15-30-66)117-91(125)80(113-89(79)123)47-52-108-99(133)139-60-71-37-23-27-41-75(71)103/h11-19,21-42,62-65,77-83,85-86H,7-10,20,43-61H2,1-6H3,(H,105,129)(H,106,131)(H,107,132)(H,108,133)(H,109,134)(H,110,122)(H,111,120)(H,112,124)(H,113,123)(H,114,127)(H,115,130)(H,116,128)(H,117,125)(H,118,121)(H,119,126)/t63-,64+,65+,77-,78-,79-,80-,81-,82-,83+,85-,86-/m0/s1. The summed E-state index contributed by atoms with van der Waals surface area (Å²) in [6.07, 6.45) is -5.34. The summed E-state index contributed by atoms with van der Waals surface area (Å²) in [7, 11) is 0. The minimum atomic E-state index is -1.95. The average molecular weight is 2010 g/mol. The first-order chi connectivity index (χ1) is 67.3. The van der Waals surface area contributed by atoms with Crippen LogP contribution in [0.1, 0.15) is 158 Å². The fourth-order valence-electron chi connectivity index (χ4n) is 14.3. The van der Waals surface area contributed by atoms with Crippen LogP contribution in [0.15, 0.2) is 188 Å². The van der Waals surface area contributed by atoms with Crippen LogP contribution in [-0.2, 0) is 127 Å². The Balaban J connectivity index is 1.20. The molecule has 1 aliphatic rings. The van der Waals surface area contributed by atoms with Gasteiger partial charge in [-0.05, 0) is 113 Å². The van der Waals surface area contributed by atoms with E-state index in [-0.39, 0.29) is 101 Å². The predicted molar refractivity (Wildman–Crippen MR) is 524 cm³/mol. The predicted octanol–water partition coefficient (Wildman–Crippen LogP) is 10.1. The Morgan fingerprint density at radius 1 is 0.393 bits per heavy atom. The SMILES string of the molecule is CCCCCCCC(=O)N[C@@H](CCNC(=O)OCc1ccccc1Cl)C(=O)N[C@H](C(=O)N[C@@H](CCNC(=O)OCc1ccccc1Cl)C(=O)N[C@H]1CCNC(=O)[C@H]([C@@H](C)OCc2ccccc2)NC(=O)[C@H](C)NC(=O)[C@H](CCNC(=O)OCc2ccccc2Cl)NC(=O)[C@H](CC(C)C)NC(=O)[C@@H](Cc2ccccc2)NC(=O)[C@H](CCNC(=O)OCc2ccccc2Cl)NC1=O)[C@@H](C)OCc1ccccc1. The van der Waals surface area contributed by atoms with Crippen molar-refractivity contribution in [1.29, 1.82) is 0 Å². The fraction of sp³-hybridized carbons (Fsp3) is 0.430. The lowest BCUT2D eigenvalue weighted by atomic mass is 10.00. The molecule has 7 aromatic carbocycles. The Bertz CT molecular complexity index is 5230. The molecule has 15 amide bonds. The van der Waals surface area contributed by atoms with E-state index < -0.39 is 201 Å². The van der Waals surface area contributed by atoms with E-state index in [0.29, 0.717) is 61.8 Å². The summed E-state index contributed by atoms with van der Waals surface area (Å²) in [5, 5.41) is 41.1. The number of alkyl carbamates (subject to hydrolysis) is 4. The molecule has 0 aromatic heterocycles. The van der Waals surface area contributed by atoms with Gasteiger partial charge in [-0.15, -0.1) is 0 Å². The van der Waals surface area contributed by atoms with Crippen molar-refractivity contribution >= 4 is 136 Å². The average Bonchev–Trinajstić information content (AvgIpc) is 0.898. The van der Waals surface area contributed by atoms with Crippen LogP contribution in [0.3, 0.4) is 0 Å². The molecule has 0 unspecified atom stereocenters.